The van der Waals surface area contributed by atoms with Gasteiger partial charge in [0.25, 0.3) is 0 Å². The van der Waals surface area contributed by atoms with Crippen molar-refractivity contribution < 1.29 is 4.74 Å². The summed E-state index contributed by atoms with van der Waals surface area (Å²) in [5.74, 6) is 2.69. The highest BCUT2D eigenvalue weighted by atomic mass is 16.5. The van der Waals surface area contributed by atoms with Gasteiger partial charge in [0.1, 0.15) is 0 Å². The Labute approximate surface area is 184 Å². The Balaban J connectivity index is 1.46. The van der Waals surface area contributed by atoms with Crippen molar-refractivity contribution in [3.63, 3.8) is 0 Å². The highest BCUT2D eigenvalue weighted by Crippen LogP contribution is 2.34. The second-order valence-corrected chi connectivity index (χ2v) is 7.71. The fourth-order valence-electron chi connectivity index (χ4n) is 4.04. The number of piperidine rings is 1. The van der Waals surface area contributed by atoms with E-state index in [-0.39, 0.29) is 6.04 Å². The van der Waals surface area contributed by atoms with Gasteiger partial charge in [0.15, 0.2) is 11.6 Å². The van der Waals surface area contributed by atoms with E-state index in [0.29, 0.717) is 17.4 Å². The van der Waals surface area contributed by atoms with Gasteiger partial charge in [-0.05, 0) is 48.7 Å². The van der Waals surface area contributed by atoms with E-state index in [1.54, 1.807) is 13.3 Å². The number of methoxy groups -OCH3 is 1. The van der Waals surface area contributed by atoms with Crippen molar-refractivity contribution in [2.24, 2.45) is 7.05 Å². The van der Waals surface area contributed by atoms with E-state index in [9.17, 15) is 0 Å². The van der Waals surface area contributed by atoms with Crippen LogP contribution >= 0.6 is 0 Å². The molecule has 1 fully saturated rings. The number of nitrogens with zero attached hydrogens (tertiary/aromatic N) is 9. The lowest BCUT2D eigenvalue weighted by atomic mass is 10.0. The largest absolute Gasteiger partial charge is 0.481 e. The van der Waals surface area contributed by atoms with Crippen molar-refractivity contribution in [1.29, 1.82) is 0 Å². The molecule has 0 saturated carbocycles. The molecule has 0 aliphatic carbocycles. The molecule has 1 saturated heterocycles. The van der Waals surface area contributed by atoms with Gasteiger partial charge in [-0.15, -0.1) is 25.2 Å². The average molecular weight is 432 g/mol. The molecule has 32 heavy (non-hydrogen) atoms. The molecule has 1 atom stereocenters. The standard InChI is InChI=1S/C21H24N10O/c1-29-20(14-9-10-23-18(12-14)32-2)25-26-21(29)30-11-4-3-8-17(30)19-24-28-31(27-19)16-7-5-6-15(22)13-16/h5-7,9-10,12-13,17H,3-4,8,11,22H2,1-2H3. The highest BCUT2D eigenvalue weighted by molar-refractivity contribution is 5.58. The summed E-state index contributed by atoms with van der Waals surface area (Å²) < 4.78 is 7.23. The van der Waals surface area contributed by atoms with Crippen LogP contribution in [0.5, 0.6) is 5.88 Å². The maximum absolute atomic E-state index is 5.90. The predicted molar refractivity (Wildman–Crippen MR) is 118 cm³/mol. The van der Waals surface area contributed by atoms with Crippen molar-refractivity contribution in [2.75, 3.05) is 24.3 Å². The number of rotatable bonds is 5. The Morgan fingerprint density at radius 3 is 2.84 bits per heavy atom. The smallest absolute Gasteiger partial charge is 0.227 e. The van der Waals surface area contributed by atoms with Crippen molar-refractivity contribution in [3.8, 4) is 23.0 Å². The summed E-state index contributed by atoms with van der Waals surface area (Å²) in [6.45, 7) is 0.836. The predicted octanol–water partition coefficient (Wildman–Crippen LogP) is 2.18. The van der Waals surface area contributed by atoms with Gasteiger partial charge in [0.05, 0.1) is 18.8 Å². The molecule has 11 heteroatoms. The Bertz CT molecular complexity index is 1230. The molecule has 0 amide bonds. The van der Waals surface area contributed by atoms with Crippen molar-refractivity contribution in [2.45, 2.75) is 25.3 Å². The molecule has 2 N–H and O–H groups in total. The van der Waals surface area contributed by atoms with E-state index < -0.39 is 0 Å². The second-order valence-electron chi connectivity index (χ2n) is 7.71. The first-order valence-corrected chi connectivity index (χ1v) is 10.5. The van der Waals surface area contributed by atoms with E-state index in [1.165, 1.54) is 4.80 Å². The van der Waals surface area contributed by atoms with Crippen molar-refractivity contribution in [3.05, 3.63) is 48.4 Å². The molecule has 0 radical (unpaired) electrons. The number of hydrogen-bond donors (Lipinski definition) is 1. The molecule has 1 aliphatic heterocycles. The van der Waals surface area contributed by atoms with Crippen molar-refractivity contribution in [1.82, 2.24) is 40.0 Å². The van der Waals surface area contributed by atoms with Crippen LogP contribution in [0.2, 0.25) is 0 Å². The lowest BCUT2D eigenvalue weighted by Crippen LogP contribution is -2.36. The number of hydrogen-bond acceptors (Lipinski definition) is 9. The number of ether oxygens (including phenoxy) is 1. The lowest BCUT2D eigenvalue weighted by Gasteiger charge is -2.34. The number of benzene rings is 1. The van der Waals surface area contributed by atoms with Gasteiger partial charge in [0.2, 0.25) is 11.8 Å². The van der Waals surface area contributed by atoms with Gasteiger partial charge < -0.3 is 15.4 Å². The number of nitrogens with two attached hydrogens (primary N) is 1. The van der Waals surface area contributed by atoms with Gasteiger partial charge in [0, 0.05) is 37.1 Å². The first-order valence-electron chi connectivity index (χ1n) is 10.5. The minimum Gasteiger partial charge on any atom is -0.481 e. The summed E-state index contributed by atoms with van der Waals surface area (Å²) in [6, 6.07) is 11.1. The molecule has 4 heterocycles. The van der Waals surface area contributed by atoms with Crippen LogP contribution in [0.3, 0.4) is 0 Å². The SMILES string of the molecule is COc1cc(-c2nnc(N3CCCCC3c3nnn(-c4cccc(N)c4)n3)n2C)ccn1. The molecular weight excluding hydrogens is 408 g/mol. The summed E-state index contributed by atoms with van der Waals surface area (Å²) in [5, 5.41) is 22.2. The van der Waals surface area contributed by atoms with Gasteiger partial charge >= 0.3 is 0 Å². The second kappa shape index (κ2) is 8.25. The van der Waals surface area contributed by atoms with Gasteiger partial charge in [-0.25, -0.2) is 4.98 Å². The zero-order chi connectivity index (χ0) is 22.1. The normalized spacial score (nSPS) is 16.3. The highest BCUT2D eigenvalue weighted by Gasteiger charge is 2.31. The van der Waals surface area contributed by atoms with Crippen LogP contribution in [-0.2, 0) is 7.05 Å². The van der Waals surface area contributed by atoms with Crippen molar-refractivity contribution >= 4 is 11.6 Å². The van der Waals surface area contributed by atoms with Crippen LogP contribution in [0.15, 0.2) is 42.6 Å². The Morgan fingerprint density at radius 1 is 1.09 bits per heavy atom. The fourth-order valence-corrected chi connectivity index (χ4v) is 4.04. The Morgan fingerprint density at radius 2 is 2.00 bits per heavy atom. The summed E-state index contributed by atoms with van der Waals surface area (Å²) in [4.78, 5) is 7.90. The van der Waals surface area contributed by atoms with Gasteiger partial charge in [-0.3, -0.25) is 4.57 Å². The van der Waals surface area contributed by atoms with Crippen LogP contribution in [0, 0.1) is 0 Å². The molecule has 1 unspecified atom stereocenters. The third-order valence-electron chi connectivity index (χ3n) is 5.64. The topological polar surface area (TPSA) is 126 Å². The quantitative estimate of drug-likeness (QED) is 0.472. The summed E-state index contributed by atoms with van der Waals surface area (Å²) in [6.07, 6.45) is 4.75. The third kappa shape index (κ3) is 3.61. The molecule has 0 spiro atoms. The minimum absolute atomic E-state index is 0.0405. The summed E-state index contributed by atoms with van der Waals surface area (Å²) >= 11 is 0. The molecule has 0 bridgehead atoms. The maximum atomic E-state index is 5.90. The maximum Gasteiger partial charge on any atom is 0.227 e. The zero-order valence-electron chi connectivity index (χ0n) is 18.0. The summed E-state index contributed by atoms with van der Waals surface area (Å²) in [5.41, 5.74) is 8.22. The molecule has 164 valence electrons. The van der Waals surface area contributed by atoms with E-state index >= 15 is 0 Å². The first kappa shape index (κ1) is 19.9. The van der Waals surface area contributed by atoms with Crippen LogP contribution in [0.4, 0.5) is 11.6 Å². The molecule has 1 aliphatic rings. The Kier molecular flexibility index (Phi) is 5.13. The molecular formula is C21H24N10O. The molecule has 11 nitrogen and oxygen atoms in total. The average Bonchev–Trinajstić information content (AvgIpc) is 3.46. The molecule has 3 aromatic heterocycles. The van der Waals surface area contributed by atoms with E-state index in [1.807, 2.05) is 48.0 Å². The number of anilines is 2. The van der Waals surface area contributed by atoms with Gasteiger partial charge in [-0.2, -0.15) is 0 Å². The van der Waals surface area contributed by atoms with E-state index in [2.05, 4.69) is 35.5 Å². The van der Waals surface area contributed by atoms with Crippen LogP contribution < -0.4 is 15.4 Å². The van der Waals surface area contributed by atoms with Crippen LogP contribution in [0.1, 0.15) is 31.1 Å². The van der Waals surface area contributed by atoms with Gasteiger partial charge in [-0.1, -0.05) is 6.07 Å². The molecule has 5 rings (SSSR count). The number of tetrazole rings is 1. The van der Waals surface area contributed by atoms with E-state index in [4.69, 9.17) is 10.5 Å². The lowest BCUT2D eigenvalue weighted by molar-refractivity contribution is 0.398. The fraction of sp³-hybridized carbons (Fsp3) is 0.333. The Hall–Kier alpha value is -4.02. The van der Waals surface area contributed by atoms with E-state index in [0.717, 1.165) is 48.8 Å². The summed E-state index contributed by atoms with van der Waals surface area (Å²) in [7, 11) is 3.55. The zero-order valence-corrected chi connectivity index (χ0v) is 18.0. The third-order valence-corrected chi connectivity index (χ3v) is 5.64. The minimum atomic E-state index is -0.0405. The van der Waals surface area contributed by atoms with Crippen LogP contribution in [0.25, 0.3) is 17.1 Å². The molecule has 1 aromatic carbocycles. The number of nitrogen functional groups attached to an aromatic ring is 1. The molecule has 4 aromatic rings. The first-order chi connectivity index (χ1) is 15.6. The van der Waals surface area contributed by atoms with Crippen LogP contribution in [-0.4, -0.2) is 53.6 Å². The number of pyridine rings is 1. The monoisotopic (exact) mass is 432 g/mol. The number of aromatic nitrogens is 8.